The molecule has 78 valence electrons. The lowest BCUT2D eigenvalue weighted by atomic mass is 10.4. The van der Waals surface area contributed by atoms with Crippen molar-refractivity contribution in [1.29, 1.82) is 0 Å². The quantitative estimate of drug-likeness (QED) is 0.748. The van der Waals surface area contributed by atoms with Crippen LogP contribution in [0.3, 0.4) is 0 Å². The van der Waals surface area contributed by atoms with E-state index in [-0.39, 0.29) is 24.3 Å². The third kappa shape index (κ3) is 3.35. The summed E-state index contributed by atoms with van der Waals surface area (Å²) < 4.78 is 1.51. The van der Waals surface area contributed by atoms with E-state index in [9.17, 15) is 4.79 Å². The minimum Gasteiger partial charge on any atom is -0.392 e. The maximum atomic E-state index is 11.2. The van der Waals surface area contributed by atoms with Gasteiger partial charge in [-0.1, -0.05) is 0 Å². The van der Waals surface area contributed by atoms with Crippen molar-refractivity contribution in [1.82, 2.24) is 14.9 Å². The van der Waals surface area contributed by atoms with Crippen LogP contribution in [0.5, 0.6) is 0 Å². The predicted molar refractivity (Wildman–Crippen MR) is 51.9 cm³/mol. The van der Waals surface area contributed by atoms with Gasteiger partial charge in [0.25, 0.3) is 0 Å². The van der Waals surface area contributed by atoms with E-state index in [1.54, 1.807) is 13.1 Å². The highest BCUT2D eigenvalue weighted by atomic mass is 35.5. The lowest BCUT2D eigenvalue weighted by Crippen LogP contribution is -2.33. The number of hydrogen-bond donors (Lipinski definition) is 2. The van der Waals surface area contributed by atoms with Gasteiger partial charge in [-0.3, -0.25) is 4.79 Å². The van der Waals surface area contributed by atoms with E-state index in [1.165, 1.54) is 10.8 Å². The van der Waals surface area contributed by atoms with Crippen LogP contribution in [0.25, 0.3) is 0 Å². The zero-order valence-electron chi connectivity index (χ0n) is 7.77. The second kappa shape index (κ2) is 4.97. The van der Waals surface area contributed by atoms with Crippen LogP contribution in [0.2, 0.25) is 5.28 Å². The minimum atomic E-state index is -0.544. The molecule has 0 bridgehead atoms. The Morgan fingerprint density at radius 3 is 3.07 bits per heavy atom. The van der Waals surface area contributed by atoms with Crippen molar-refractivity contribution in [2.24, 2.45) is 0 Å². The average Bonchev–Trinajstić information content (AvgIpc) is 2.49. The number of hydrogen-bond acceptors (Lipinski definition) is 3. The fourth-order valence-electron chi connectivity index (χ4n) is 0.901. The van der Waals surface area contributed by atoms with Gasteiger partial charge in [-0.15, -0.1) is 0 Å². The molecule has 1 atom stereocenters. The smallest absolute Gasteiger partial charge is 0.240 e. The molecule has 1 unspecified atom stereocenters. The number of amides is 1. The van der Waals surface area contributed by atoms with Crippen molar-refractivity contribution in [3.63, 3.8) is 0 Å². The highest BCUT2D eigenvalue weighted by Crippen LogP contribution is 2.03. The van der Waals surface area contributed by atoms with Crippen LogP contribution in [0.4, 0.5) is 0 Å². The number of nitrogens with one attached hydrogen (secondary N) is 1. The van der Waals surface area contributed by atoms with Gasteiger partial charge in [0.05, 0.1) is 6.10 Å². The molecule has 0 aromatic carbocycles. The first kappa shape index (κ1) is 11.0. The average molecular weight is 218 g/mol. The van der Waals surface area contributed by atoms with E-state index < -0.39 is 6.10 Å². The molecule has 0 aliphatic rings. The van der Waals surface area contributed by atoms with Crippen LogP contribution in [0, 0.1) is 0 Å². The van der Waals surface area contributed by atoms with E-state index in [4.69, 9.17) is 16.7 Å². The van der Waals surface area contributed by atoms with E-state index in [0.717, 1.165) is 0 Å². The number of imidazole rings is 1. The maximum absolute atomic E-state index is 11.2. The molecule has 0 spiro atoms. The number of rotatable bonds is 4. The molecule has 1 heterocycles. The van der Waals surface area contributed by atoms with Crippen LogP contribution in [-0.4, -0.2) is 33.2 Å². The lowest BCUT2D eigenvalue weighted by molar-refractivity contribution is -0.122. The largest absolute Gasteiger partial charge is 0.392 e. The summed E-state index contributed by atoms with van der Waals surface area (Å²) in [4.78, 5) is 15.0. The number of aromatic nitrogens is 2. The van der Waals surface area contributed by atoms with Crippen LogP contribution in [-0.2, 0) is 11.3 Å². The normalized spacial score (nSPS) is 12.5. The standard InChI is InChI=1S/C8H12ClN3O2/c1-6(13)4-11-7(14)5-12-3-2-10-8(12)9/h2-3,6,13H,4-5H2,1H3,(H,11,14). The summed E-state index contributed by atoms with van der Waals surface area (Å²) in [6.07, 6.45) is 2.59. The van der Waals surface area contributed by atoms with Crippen molar-refractivity contribution >= 4 is 17.5 Å². The zero-order valence-corrected chi connectivity index (χ0v) is 8.53. The Morgan fingerprint density at radius 2 is 2.57 bits per heavy atom. The Bertz CT molecular complexity index is 311. The summed E-state index contributed by atoms with van der Waals surface area (Å²) in [5.74, 6) is -0.203. The Hall–Kier alpha value is -1.07. The SMILES string of the molecule is CC(O)CNC(=O)Cn1ccnc1Cl. The van der Waals surface area contributed by atoms with Crippen LogP contribution in [0.1, 0.15) is 6.92 Å². The maximum Gasteiger partial charge on any atom is 0.240 e. The minimum absolute atomic E-state index is 0.117. The monoisotopic (exact) mass is 217 g/mol. The van der Waals surface area contributed by atoms with Gasteiger partial charge in [-0.05, 0) is 18.5 Å². The molecule has 5 nitrogen and oxygen atoms in total. The number of halogens is 1. The molecule has 14 heavy (non-hydrogen) atoms. The first-order valence-corrected chi connectivity index (χ1v) is 4.59. The molecule has 2 N–H and O–H groups in total. The Morgan fingerprint density at radius 1 is 1.86 bits per heavy atom. The fourth-order valence-corrected chi connectivity index (χ4v) is 1.07. The molecule has 1 aromatic heterocycles. The van der Waals surface area contributed by atoms with Gasteiger partial charge in [0.1, 0.15) is 6.54 Å². The third-order valence-corrected chi connectivity index (χ3v) is 1.89. The summed E-state index contributed by atoms with van der Waals surface area (Å²) in [5, 5.41) is 11.7. The molecule has 0 fully saturated rings. The Balaban J connectivity index is 2.38. The van der Waals surface area contributed by atoms with Gasteiger partial charge in [0.15, 0.2) is 0 Å². The van der Waals surface area contributed by atoms with Crippen molar-refractivity contribution in [2.45, 2.75) is 19.6 Å². The van der Waals surface area contributed by atoms with Crippen LogP contribution in [0.15, 0.2) is 12.4 Å². The molecular weight excluding hydrogens is 206 g/mol. The van der Waals surface area contributed by atoms with Gasteiger partial charge in [-0.2, -0.15) is 0 Å². The van der Waals surface area contributed by atoms with Crippen molar-refractivity contribution in [3.8, 4) is 0 Å². The summed E-state index contributed by atoms with van der Waals surface area (Å²) in [6.45, 7) is 1.96. The second-order valence-electron chi connectivity index (χ2n) is 2.98. The fraction of sp³-hybridized carbons (Fsp3) is 0.500. The first-order valence-electron chi connectivity index (χ1n) is 4.21. The molecule has 0 saturated heterocycles. The molecular formula is C8H12ClN3O2. The molecule has 0 aliphatic heterocycles. The molecule has 0 radical (unpaired) electrons. The summed E-state index contributed by atoms with van der Waals surface area (Å²) >= 11 is 5.67. The number of aliphatic hydroxyl groups excluding tert-OH is 1. The van der Waals surface area contributed by atoms with E-state index in [1.807, 2.05) is 0 Å². The summed E-state index contributed by atoms with van der Waals surface area (Å²) in [7, 11) is 0. The number of aliphatic hydroxyl groups is 1. The van der Waals surface area contributed by atoms with E-state index >= 15 is 0 Å². The molecule has 6 heteroatoms. The third-order valence-electron chi connectivity index (χ3n) is 1.57. The number of carbonyl (C=O) groups excluding carboxylic acids is 1. The highest BCUT2D eigenvalue weighted by Gasteiger charge is 2.06. The van der Waals surface area contributed by atoms with Crippen LogP contribution < -0.4 is 5.32 Å². The second-order valence-corrected chi connectivity index (χ2v) is 3.32. The Kier molecular flexibility index (Phi) is 3.91. The predicted octanol–water partition coefficient (Wildman–Crippen LogP) is 0.0335. The molecule has 1 amide bonds. The first-order chi connectivity index (χ1) is 6.59. The van der Waals surface area contributed by atoms with Gasteiger partial charge >= 0.3 is 0 Å². The van der Waals surface area contributed by atoms with Gasteiger partial charge < -0.3 is 15.0 Å². The molecule has 1 aromatic rings. The number of carbonyl (C=O) groups is 1. The zero-order chi connectivity index (χ0) is 10.6. The van der Waals surface area contributed by atoms with Gasteiger partial charge in [0.2, 0.25) is 11.2 Å². The van der Waals surface area contributed by atoms with Gasteiger partial charge in [0, 0.05) is 18.9 Å². The van der Waals surface area contributed by atoms with Crippen molar-refractivity contribution < 1.29 is 9.90 Å². The lowest BCUT2D eigenvalue weighted by Gasteiger charge is -2.07. The van der Waals surface area contributed by atoms with Crippen molar-refractivity contribution in [2.75, 3.05) is 6.54 Å². The molecule has 0 aliphatic carbocycles. The van der Waals surface area contributed by atoms with E-state index in [2.05, 4.69) is 10.3 Å². The topological polar surface area (TPSA) is 67.2 Å². The summed E-state index contributed by atoms with van der Waals surface area (Å²) in [5.41, 5.74) is 0. The molecule has 0 saturated carbocycles. The molecule has 1 rings (SSSR count). The Labute approximate surface area is 86.7 Å². The van der Waals surface area contributed by atoms with Gasteiger partial charge in [-0.25, -0.2) is 4.98 Å². The van der Waals surface area contributed by atoms with Crippen molar-refractivity contribution in [3.05, 3.63) is 17.7 Å². The number of nitrogens with zero attached hydrogens (tertiary/aromatic N) is 2. The van der Waals surface area contributed by atoms with Crippen LogP contribution >= 0.6 is 11.6 Å². The summed E-state index contributed by atoms with van der Waals surface area (Å²) in [6, 6.07) is 0. The highest BCUT2D eigenvalue weighted by molar-refractivity contribution is 6.28. The van der Waals surface area contributed by atoms with E-state index in [0.29, 0.717) is 0 Å².